The number of nitrogens with zero attached hydrogens (tertiary/aromatic N) is 1. The molecule has 0 heterocycles. The second kappa shape index (κ2) is 7.90. The van der Waals surface area contributed by atoms with E-state index in [1.54, 1.807) is 24.3 Å². The van der Waals surface area contributed by atoms with Crippen LogP contribution in [0.25, 0.3) is 0 Å². The predicted octanol–water partition coefficient (Wildman–Crippen LogP) is -0.114. The van der Waals surface area contributed by atoms with Crippen LogP contribution in [0.1, 0.15) is 6.42 Å². The van der Waals surface area contributed by atoms with Gasteiger partial charge in [0.05, 0.1) is 11.9 Å². The van der Waals surface area contributed by atoms with Gasteiger partial charge < -0.3 is 15.3 Å². The van der Waals surface area contributed by atoms with Gasteiger partial charge in [0, 0.05) is 25.2 Å². The third-order valence-corrected chi connectivity index (χ3v) is 8.14. The van der Waals surface area contributed by atoms with Crippen molar-refractivity contribution in [3.63, 3.8) is 0 Å². The smallest absolute Gasteiger partial charge is 0.232 e. The van der Waals surface area contributed by atoms with Crippen molar-refractivity contribution in [2.75, 3.05) is 35.8 Å². The molecule has 0 radical (unpaired) electrons. The van der Waals surface area contributed by atoms with Crippen LogP contribution in [0, 0.1) is 0 Å². The zero-order valence-electron chi connectivity index (χ0n) is 12.1. The normalized spacial score (nSPS) is 12.4. The molecule has 120 valence electrons. The number of para-hydroxylation sites is 1. The minimum atomic E-state index is -3.39. The molecule has 1 aromatic rings. The molecule has 0 amide bonds. The zero-order chi connectivity index (χ0) is 15.9. The van der Waals surface area contributed by atoms with Crippen molar-refractivity contribution in [2.45, 2.75) is 12.5 Å². The molecule has 1 aromatic carbocycles. The molecule has 0 spiro atoms. The van der Waals surface area contributed by atoms with Crippen LogP contribution in [0.15, 0.2) is 30.3 Å². The molecule has 3 N–H and O–H groups in total. The van der Waals surface area contributed by atoms with Crippen LogP contribution in [0.2, 0.25) is 6.04 Å². The lowest BCUT2D eigenvalue weighted by molar-refractivity contribution is 0.286. The van der Waals surface area contributed by atoms with Crippen LogP contribution in [0.3, 0.4) is 0 Å². The summed E-state index contributed by atoms with van der Waals surface area (Å²) in [7, 11) is -5.89. The summed E-state index contributed by atoms with van der Waals surface area (Å²) in [4.78, 5) is 0. The fourth-order valence-corrected chi connectivity index (χ4v) is 4.71. The van der Waals surface area contributed by atoms with Crippen LogP contribution in [0.5, 0.6) is 0 Å². The molecule has 0 aromatic heterocycles. The number of rotatable bonds is 9. The van der Waals surface area contributed by atoms with Crippen LogP contribution < -0.4 is 4.31 Å². The average molecular weight is 333 g/mol. The van der Waals surface area contributed by atoms with E-state index in [0.717, 1.165) is 6.26 Å². The molecule has 0 saturated heterocycles. The van der Waals surface area contributed by atoms with Gasteiger partial charge >= 0.3 is 0 Å². The summed E-state index contributed by atoms with van der Waals surface area (Å²) in [6, 6.07) is 9.25. The monoisotopic (exact) mass is 333 g/mol. The van der Waals surface area contributed by atoms with Gasteiger partial charge in [-0.3, -0.25) is 4.31 Å². The Morgan fingerprint density at radius 1 is 1.05 bits per heavy atom. The summed E-state index contributed by atoms with van der Waals surface area (Å²) in [6.45, 7) is 0.262. The summed E-state index contributed by atoms with van der Waals surface area (Å²) >= 11 is 0. The minimum Gasteiger partial charge on any atom is -0.399 e. The molecule has 0 aliphatic rings. The number of anilines is 1. The fourth-order valence-electron chi connectivity index (χ4n) is 2.07. The predicted molar refractivity (Wildman–Crippen MR) is 85.1 cm³/mol. The maximum absolute atomic E-state index is 11.9. The Bertz CT molecular complexity index is 510. The lowest BCUT2D eigenvalue weighted by atomic mass is 10.3. The lowest BCUT2D eigenvalue weighted by Crippen LogP contribution is -2.48. The van der Waals surface area contributed by atoms with Crippen molar-refractivity contribution in [1.82, 2.24) is 0 Å². The van der Waals surface area contributed by atoms with Crippen molar-refractivity contribution >= 4 is 23.8 Å². The van der Waals surface area contributed by atoms with Crippen LogP contribution in [-0.4, -0.2) is 63.3 Å². The topological polar surface area (TPSA) is 98.1 Å². The van der Waals surface area contributed by atoms with E-state index in [2.05, 4.69) is 0 Å². The highest BCUT2D eigenvalue weighted by atomic mass is 32.2. The van der Waals surface area contributed by atoms with Crippen LogP contribution >= 0.6 is 0 Å². The van der Waals surface area contributed by atoms with Crippen molar-refractivity contribution in [3.8, 4) is 0 Å². The standard InChI is InChI=1S/C13H23NO5SSi/c1-20(18,19)14(13-6-3-2-4-7-13)8-5-9-21(10-15,11-16)12-17/h2-4,6-7,15-17H,5,8-12H2,1H3. The first-order valence-electron chi connectivity index (χ1n) is 6.74. The number of hydrogen-bond donors (Lipinski definition) is 3. The Balaban J connectivity index is 2.77. The zero-order valence-corrected chi connectivity index (χ0v) is 14.0. The highest BCUT2D eigenvalue weighted by molar-refractivity contribution is 7.92. The molecular weight excluding hydrogens is 310 g/mol. The van der Waals surface area contributed by atoms with Gasteiger partial charge in [-0.1, -0.05) is 18.2 Å². The second-order valence-corrected chi connectivity index (χ2v) is 11.6. The third-order valence-electron chi connectivity index (χ3n) is 3.52. The van der Waals surface area contributed by atoms with E-state index in [1.165, 1.54) is 4.31 Å². The van der Waals surface area contributed by atoms with Gasteiger partial charge in [0.25, 0.3) is 0 Å². The molecule has 0 atom stereocenters. The summed E-state index contributed by atoms with van der Waals surface area (Å²) in [5, 5.41) is 28.0. The van der Waals surface area contributed by atoms with E-state index in [-0.39, 0.29) is 25.2 Å². The largest absolute Gasteiger partial charge is 0.399 e. The van der Waals surface area contributed by atoms with E-state index in [4.69, 9.17) is 0 Å². The molecule has 0 aliphatic carbocycles. The van der Waals surface area contributed by atoms with E-state index >= 15 is 0 Å². The van der Waals surface area contributed by atoms with Gasteiger partial charge in [-0.05, 0) is 24.6 Å². The Kier molecular flexibility index (Phi) is 6.82. The molecular formula is C13H23NO5SSi. The first-order chi connectivity index (χ1) is 9.88. The van der Waals surface area contributed by atoms with Crippen molar-refractivity contribution < 1.29 is 23.7 Å². The van der Waals surface area contributed by atoms with Gasteiger partial charge in [-0.2, -0.15) is 0 Å². The number of aliphatic hydroxyl groups excluding tert-OH is 3. The molecule has 0 saturated carbocycles. The number of aliphatic hydroxyl groups is 3. The molecule has 0 unspecified atom stereocenters. The molecule has 1 rings (SSSR count). The first-order valence-corrected chi connectivity index (χ1v) is 11.4. The summed E-state index contributed by atoms with van der Waals surface area (Å²) < 4.78 is 25.1. The molecule has 0 bridgehead atoms. The Hall–Kier alpha value is -0.933. The molecule has 21 heavy (non-hydrogen) atoms. The van der Waals surface area contributed by atoms with E-state index in [1.807, 2.05) is 6.07 Å². The quantitative estimate of drug-likeness (QED) is 0.548. The summed E-state index contributed by atoms with van der Waals surface area (Å²) in [6.07, 6.45) is 1.02. The minimum absolute atomic E-state index is 0.204. The first kappa shape index (κ1) is 18.1. The average Bonchev–Trinajstić information content (AvgIpc) is 2.48. The third kappa shape index (κ3) is 5.08. The fraction of sp³-hybridized carbons (Fsp3) is 0.538. The molecule has 6 nitrogen and oxygen atoms in total. The highest BCUT2D eigenvalue weighted by Gasteiger charge is 2.31. The van der Waals surface area contributed by atoms with E-state index in [0.29, 0.717) is 18.2 Å². The highest BCUT2D eigenvalue weighted by Crippen LogP contribution is 2.19. The Morgan fingerprint density at radius 2 is 1.57 bits per heavy atom. The summed E-state index contributed by atoms with van der Waals surface area (Å²) in [5.74, 6) is 0. The van der Waals surface area contributed by atoms with Gasteiger partial charge in [0.1, 0.15) is 8.07 Å². The van der Waals surface area contributed by atoms with Gasteiger partial charge in [0.2, 0.25) is 10.0 Å². The SMILES string of the molecule is CS(=O)(=O)N(CCC[Si](CO)(CO)CO)c1ccccc1. The van der Waals surface area contributed by atoms with Gasteiger partial charge in [-0.25, -0.2) is 8.42 Å². The lowest BCUT2D eigenvalue weighted by Gasteiger charge is -2.27. The van der Waals surface area contributed by atoms with Crippen molar-refractivity contribution in [1.29, 1.82) is 0 Å². The molecule has 0 aliphatic heterocycles. The van der Waals surface area contributed by atoms with Crippen LogP contribution in [-0.2, 0) is 10.0 Å². The number of sulfonamides is 1. The maximum atomic E-state index is 11.9. The van der Waals surface area contributed by atoms with E-state index in [9.17, 15) is 23.7 Å². The van der Waals surface area contributed by atoms with Gasteiger partial charge in [-0.15, -0.1) is 0 Å². The Labute approximate surface area is 126 Å². The number of hydrogen-bond acceptors (Lipinski definition) is 5. The van der Waals surface area contributed by atoms with Crippen LogP contribution in [0.4, 0.5) is 5.69 Å². The van der Waals surface area contributed by atoms with Crippen molar-refractivity contribution in [2.24, 2.45) is 0 Å². The van der Waals surface area contributed by atoms with E-state index < -0.39 is 18.1 Å². The molecule has 8 heteroatoms. The molecule has 0 fully saturated rings. The Morgan fingerprint density at radius 3 is 2.00 bits per heavy atom. The second-order valence-electron chi connectivity index (χ2n) is 5.25. The van der Waals surface area contributed by atoms with Crippen molar-refractivity contribution in [3.05, 3.63) is 30.3 Å². The summed E-state index contributed by atoms with van der Waals surface area (Å²) in [5.41, 5.74) is 0.587. The number of benzene rings is 1. The van der Waals surface area contributed by atoms with Gasteiger partial charge in [0.15, 0.2) is 0 Å². The maximum Gasteiger partial charge on any atom is 0.232 e.